The highest BCUT2D eigenvalue weighted by molar-refractivity contribution is 5.89. The van der Waals surface area contributed by atoms with Gasteiger partial charge in [-0.05, 0) is 18.2 Å². The van der Waals surface area contributed by atoms with E-state index in [0.29, 0.717) is 26.3 Å². The largest absolute Gasteiger partial charge is 0.478 e. The molecular formula is C12H12F3NO3. The Morgan fingerprint density at radius 3 is 2.42 bits per heavy atom. The Hall–Kier alpha value is -1.76. The lowest BCUT2D eigenvalue weighted by Crippen LogP contribution is -2.37. The highest BCUT2D eigenvalue weighted by atomic mass is 19.4. The van der Waals surface area contributed by atoms with Crippen LogP contribution < -0.4 is 4.90 Å². The van der Waals surface area contributed by atoms with Crippen LogP contribution in [-0.2, 0) is 10.9 Å². The zero-order valence-corrected chi connectivity index (χ0v) is 9.91. The van der Waals surface area contributed by atoms with Crippen molar-refractivity contribution in [2.24, 2.45) is 0 Å². The lowest BCUT2D eigenvalue weighted by molar-refractivity contribution is -0.137. The van der Waals surface area contributed by atoms with Gasteiger partial charge in [0.1, 0.15) is 0 Å². The number of carbonyl (C=O) groups is 1. The number of carboxylic acid groups (broad SMARTS) is 1. The molecule has 19 heavy (non-hydrogen) atoms. The monoisotopic (exact) mass is 275 g/mol. The Morgan fingerprint density at radius 1 is 1.26 bits per heavy atom. The van der Waals surface area contributed by atoms with E-state index in [4.69, 9.17) is 9.84 Å². The van der Waals surface area contributed by atoms with E-state index in [1.54, 1.807) is 0 Å². The van der Waals surface area contributed by atoms with Gasteiger partial charge in [-0.3, -0.25) is 0 Å². The molecular weight excluding hydrogens is 263 g/mol. The first-order chi connectivity index (χ1) is 8.89. The molecule has 0 spiro atoms. The van der Waals surface area contributed by atoms with Gasteiger partial charge in [0.2, 0.25) is 0 Å². The minimum Gasteiger partial charge on any atom is -0.478 e. The number of hydrogen-bond acceptors (Lipinski definition) is 3. The lowest BCUT2D eigenvalue weighted by atomic mass is 10.1. The van der Waals surface area contributed by atoms with Gasteiger partial charge >= 0.3 is 12.1 Å². The molecule has 0 aliphatic carbocycles. The molecule has 0 saturated carbocycles. The quantitative estimate of drug-likeness (QED) is 0.899. The summed E-state index contributed by atoms with van der Waals surface area (Å²) in [5.74, 6) is -1.25. The van der Waals surface area contributed by atoms with Crippen LogP contribution in [0.25, 0.3) is 0 Å². The second kappa shape index (κ2) is 5.08. The minimum absolute atomic E-state index is 0.101. The molecule has 0 bridgehead atoms. The Bertz CT molecular complexity index is 482. The van der Waals surface area contributed by atoms with E-state index in [1.165, 1.54) is 4.90 Å². The number of nitrogens with zero attached hydrogens (tertiary/aromatic N) is 1. The van der Waals surface area contributed by atoms with Gasteiger partial charge in [-0.25, -0.2) is 4.79 Å². The Balaban J connectivity index is 2.46. The predicted octanol–water partition coefficient (Wildman–Crippen LogP) is 2.24. The third-order valence-corrected chi connectivity index (χ3v) is 2.90. The SMILES string of the molecule is O=C(O)c1ccc(C(F)(F)F)c(N2CCOCC2)c1. The van der Waals surface area contributed by atoms with Crippen molar-refractivity contribution in [3.05, 3.63) is 29.3 Å². The molecule has 2 rings (SSSR count). The zero-order valence-electron chi connectivity index (χ0n) is 9.91. The standard InChI is InChI=1S/C12H12F3NO3/c13-12(14,15)9-2-1-8(11(17)18)7-10(9)16-3-5-19-6-4-16/h1-2,7H,3-6H2,(H,17,18). The molecule has 1 aromatic rings. The third-order valence-electron chi connectivity index (χ3n) is 2.90. The van der Waals surface area contributed by atoms with Crippen LogP contribution in [0.15, 0.2) is 18.2 Å². The van der Waals surface area contributed by atoms with Gasteiger partial charge in [-0.1, -0.05) is 0 Å². The first-order valence-corrected chi connectivity index (χ1v) is 5.67. The van der Waals surface area contributed by atoms with E-state index >= 15 is 0 Å². The Morgan fingerprint density at radius 2 is 1.89 bits per heavy atom. The molecule has 0 radical (unpaired) electrons. The summed E-state index contributed by atoms with van der Waals surface area (Å²) in [4.78, 5) is 12.4. The van der Waals surface area contributed by atoms with Crippen LogP contribution >= 0.6 is 0 Å². The summed E-state index contributed by atoms with van der Waals surface area (Å²) in [5, 5.41) is 8.88. The highest BCUT2D eigenvalue weighted by Crippen LogP contribution is 2.37. The van der Waals surface area contributed by atoms with E-state index in [-0.39, 0.29) is 11.3 Å². The fraction of sp³-hybridized carbons (Fsp3) is 0.417. The molecule has 4 nitrogen and oxygen atoms in total. The number of alkyl halides is 3. The molecule has 104 valence electrons. The van der Waals surface area contributed by atoms with Crippen molar-refractivity contribution in [1.29, 1.82) is 0 Å². The molecule has 1 fully saturated rings. The topological polar surface area (TPSA) is 49.8 Å². The van der Waals surface area contributed by atoms with Gasteiger partial charge in [-0.2, -0.15) is 13.2 Å². The van der Waals surface area contributed by atoms with Crippen LogP contribution in [0.2, 0.25) is 0 Å². The molecule has 1 N–H and O–H groups in total. The number of aromatic carboxylic acids is 1. The number of anilines is 1. The minimum atomic E-state index is -4.51. The van der Waals surface area contributed by atoms with Gasteiger partial charge in [0, 0.05) is 18.8 Å². The van der Waals surface area contributed by atoms with Gasteiger partial charge in [0.15, 0.2) is 0 Å². The van der Waals surface area contributed by atoms with Crippen molar-refractivity contribution in [1.82, 2.24) is 0 Å². The molecule has 1 aliphatic heterocycles. The predicted molar refractivity (Wildman–Crippen MR) is 61.4 cm³/mol. The smallest absolute Gasteiger partial charge is 0.418 e. The summed E-state index contributed by atoms with van der Waals surface area (Å²) < 4.78 is 43.9. The maximum absolute atomic E-state index is 12.9. The number of benzene rings is 1. The fourth-order valence-corrected chi connectivity index (χ4v) is 1.97. The van der Waals surface area contributed by atoms with Crippen molar-refractivity contribution >= 4 is 11.7 Å². The van der Waals surface area contributed by atoms with E-state index in [0.717, 1.165) is 18.2 Å². The van der Waals surface area contributed by atoms with Crippen molar-refractivity contribution in [3.63, 3.8) is 0 Å². The molecule has 1 saturated heterocycles. The van der Waals surface area contributed by atoms with E-state index < -0.39 is 17.7 Å². The number of rotatable bonds is 2. The van der Waals surface area contributed by atoms with Crippen LogP contribution in [0.5, 0.6) is 0 Å². The van der Waals surface area contributed by atoms with Gasteiger partial charge in [-0.15, -0.1) is 0 Å². The zero-order chi connectivity index (χ0) is 14.0. The number of carboxylic acids is 1. The van der Waals surface area contributed by atoms with Crippen LogP contribution in [-0.4, -0.2) is 37.4 Å². The van der Waals surface area contributed by atoms with E-state index in [2.05, 4.69) is 0 Å². The Labute approximate surface area is 107 Å². The average molecular weight is 275 g/mol. The molecule has 0 unspecified atom stereocenters. The lowest BCUT2D eigenvalue weighted by Gasteiger charge is -2.31. The van der Waals surface area contributed by atoms with Crippen LogP contribution in [0.3, 0.4) is 0 Å². The number of halogens is 3. The van der Waals surface area contributed by atoms with Gasteiger partial charge < -0.3 is 14.7 Å². The molecule has 1 aromatic carbocycles. The molecule has 0 atom stereocenters. The molecule has 7 heteroatoms. The first kappa shape index (κ1) is 13.7. The summed E-state index contributed by atoms with van der Waals surface area (Å²) >= 11 is 0. The van der Waals surface area contributed by atoms with Gasteiger partial charge in [0.25, 0.3) is 0 Å². The average Bonchev–Trinajstić information content (AvgIpc) is 2.38. The molecule has 0 aromatic heterocycles. The summed E-state index contributed by atoms with van der Waals surface area (Å²) in [6, 6.07) is 2.85. The van der Waals surface area contributed by atoms with E-state index in [1.807, 2.05) is 0 Å². The second-order valence-corrected chi connectivity index (χ2v) is 4.13. The summed E-state index contributed by atoms with van der Waals surface area (Å²) in [6.45, 7) is 1.28. The maximum atomic E-state index is 12.9. The van der Waals surface area contributed by atoms with Crippen molar-refractivity contribution in [3.8, 4) is 0 Å². The van der Waals surface area contributed by atoms with E-state index in [9.17, 15) is 18.0 Å². The van der Waals surface area contributed by atoms with Crippen molar-refractivity contribution in [2.75, 3.05) is 31.2 Å². The number of morpholine rings is 1. The summed E-state index contributed by atoms with van der Waals surface area (Å²) in [7, 11) is 0. The third kappa shape index (κ3) is 2.98. The Kier molecular flexibility index (Phi) is 3.66. The fourth-order valence-electron chi connectivity index (χ4n) is 1.97. The normalized spacial score (nSPS) is 16.5. The number of ether oxygens (including phenoxy) is 1. The molecule has 1 aliphatic rings. The summed E-state index contributed by atoms with van der Waals surface area (Å²) in [6.07, 6.45) is -4.51. The van der Waals surface area contributed by atoms with Gasteiger partial charge in [0.05, 0.1) is 24.3 Å². The molecule has 1 heterocycles. The van der Waals surface area contributed by atoms with Crippen LogP contribution in [0.4, 0.5) is 18.9 Å². The number of hydrogen-bond donors (Lipinski definition) is 1. The highest BCUT2D eigenvalue weighted by Gasteiger charge is 2.35. The van der Waals surface area contributed by atoms with Crippen molar-refractivity contribution in [2.45, 2.75) is 6.18 Å². The van der Waals surface area contributed by atoms with Crippen LogP contribution in [0, 0.1) is 0 Å². The second-order valence-electron chi connectivity index (χ2n) is 4.13. The molecule has 0 amide bonds. The van der Waals surface area contributed by atoms with Crippen molar-refractivity contribution < 1.29 is 27.8 Å². The van der Waals surface area contributed by atoms with Crippen LogP contribution in [0.1, 0.15) is 15.9 Å². The maximum Gasteiger partial charge on any atom is 0.418 e. The first-order valence-electron chi connectivity index (χ1n) is 5.67. The summed E-state index contributed by atoms with van der Waals surface area (Å²) in [5.41, 5.74) is -1.08.